The Labute approximate surface area is 123 Å². The minimum absolute atomic E-state index is 0.126. The van der Waals surface area contributed by atoms with Crippen LogP contribution in [-0.4, -0.2) is 47.4 Å². The van der Waals surface area contributed by atoms with Crippen molar-refractivity contribution in [1.82, 2.24) is 9.80 Å². The van der Waals surface area contributed by atoms with Gasteiger partial charge in [0.2, 0.25) is 0 Å². The first-order chi connectivity index (χ1) is 8.89. The molecule has 0 spiro atoms. The van der Waals surface area contributed by atoms with Crippen molar-refractivity contribution < 1.29 is 4.79 Å². The first-order valence-corrected chi connectivity index (χ1v) is 7.48. The van der Waals surface area contributed by atoms with E-state index in [9.17, 15) is 4.79 Å². The monoisotopic (exact) mass is 324 g/mol. The molecule has 0 aromatic heterocycles. The van der Waals surface area contributed by atoms with Crippen LogP contribution in [0.3, 0.4) is 0 Å². The number of piperazine rings is 1. The highest BCUT2D eigenvalue weighted by Crippen LogP contribution is 2.20. The van der Waals surface area contributed by atoms with Gasteiger partial charge in [0.1, 0.15) is 0 Å². The highest BCUT2D eigenvalue weighted by molar-refractivity contribution is 9.10. The minimum atomic E-state index is 0.126. The third-order valence-corrected chi connectivity index (χ3v) is 4.31. The van der Waals surface area contributed by atoms with Crippen LogP contribution in [0.15, 0.2) is 28.7 Å². The summed E-state index contributed by atoms with van der Waals surface area (Å²) in [6.45, 7) is 10.2. The first-order valence-electron chi connectivity index (χ1n) is 6.68. The quantitative estimate of drug-likeness (QED) is 0.792. The molecule has 2 rings (SSSR count). The van der Waals surface area contributed by atoms with Crippen LogP contribution >= 0.6 is 15.9 Å². The molecule has 0 saturated carbocycles. The van der Waals surface area contributed by atoms with Crippen molar-refractivity contribution in [1.29, 1.82) is 0 Å². The fraction of sp³-hybridized carbons (Fsp3) is 0.533. The Bertz CT molecular complexity index is 459. The number of carbonyl (C=O) groups excluding carboxylic acids is 1. The Morgan fingerprint density at radius 1 is 1.11 bits per heavy atom. The molecule has 1 aliphatic heterocycles. The Balaban J connectivity index is 2.03. The summed E-state index contributed by atoms with van der Waals surface area (Å²) in [7, 11) is 0. The zero-order valence-electron chi connectivity index (χ0n) is 11.8. The fourth-order valence-electron chi connectivity index (χ4n) is 2.39. The van der Waals surface area contributed by atoms with Gasteiger partial charge in [-0.25, -0.2) is 0 Å². The number of benzene rings is 1. The van der Waals surface area contributed by atoms with Gasteiger partial charge in [0.25, 0.3) is 5.91 Å². The van der Waals surface area contributed by atoms with Crippen LogP contribution in [0.25, 0.3) is 0 Å². The van der Waals surface area contributed by atoms with Gasteiger partial charge in [-0.2, -0.15) is 0 Å². The topological polar surface area (TPSA) is 23.6 Å². The molecule has 0 bridgehead atoms. The SMILES string of the molecule is CC(C)(C)N1CCN(C(=O)c2ccccc2Br)CC1. The van der Waals surface area contributed by atoms with E-state index < -0.39 is 0 Å². The second kappa shape index (κ2) is 5.63. The number of carbonyl (C=O) groups is 1. The molecule has 3 nitrogen and oxygen atoms in total. The lowest BCUT2D eigenvalue weighted by Crippen LogP contribution is -2.54. The van der Waals surface area contributed by atoms with E-state index in [1.54, 1.807) is 0 Å². The number of nitrogens with zero attached hydrogens (tertiary/aromatic N) is 2. The van der Waals surface area contributed by atoms with E-state index >= 15 is 0 Å². The van der Waals surface area contributed by atoms with Crippen LogP contribution < -0.4 is 0 Å². The number of halogens is 1. The van der Waals surface area contributed by atoms with Crippen molar-refractivity contribution in [3.05, 3.63) is 34.3 Å². The highest BCUT2D eigenvalue weighted by atomic mass is 79.9. The molecule has 1 fully saturated rings. The molecule has 0 aliphatic carbocycles. The number of rotatable bonds is 1. The average molecular weight is 325 g/mol. The lowest BCUT2D eigenvalue weighted by molar-refractivity contribution is 0.0450. The predicted molar refractivity (Wildman–Crippen MR) is 81.4 cm³/mol. The molecule has 1 amide bonds. The fourth-order valence-corrected chi connectivity index (χ4v) is 2.84. The van der Waals surface area contributed by atoms with Gasteiger partial charge in [-0.1, -0.05) is 12.1 Å². The van der Waals surface area contributed by atoms with Gasteiger partial charge in [-0.3, -0.25) is 9.69 Å². The normalized spacial score (nSPS) is 17.6. The van der Waals surface area contributed by atoms with Crippen molar-refractivity contribution in [2.24, 2.45) is 0 Å². The van der Waals surface area contributed by atoms with E-state index in [0.717, 1.165) is 36.2 Å². The Hall–Kier alpha value is -0.870. The van der Waals surface area contributed by atoms with Crippen molar-refractivity contribution in [2.45, 2.75) is 26.3 Å². The van der Waals surface area contributed by atoms with Crippen LogP contribution in [0, 0.1) is 0 Å². The molecule has 1 saturated heterocycles. The highest BCUT2D eigenvalue weighted by Gasteiger charge is 2.28. The first kappa shape index (κ1) is 14.5. The average Bonchev–Trinajstić information content (AvgIpc) is 2.38. The second-order valence-electron chi connectivity index (χ2n) is 5.93. The van der Waals surface area contributed by atoms with Gasteiger partial charge in [-0.05, 0) is 48.8 Å². The van der Waals surface area contributed by atoms with E-state index in [1.807, 2.05) is 29.2 Å². The molecule has 1 aliphatic rings. The van der Waals surface area contributed by atoms with E-state index in [2.05, 4.69) is 41.6 Å². The Kier molecular flexibility index (Phi) is 4.31. The van der Waals surface area contributed by atoms with Gasteiger partial charge in [0, 0.05) is 36.2 Å². The summed E-state index contributed by atoms with van der Waals surface area (Å²) in [4.78, 5) is 16.8. The number of amides is 1. The van der Waals surface area contributed by atoms with Crippen LogP contribution in [0.2, 0.25) is 0 Å². The molecular weight excluding hydrogens is 304 g/mol. The summed E-state index contributed by atoms with van der Waals surface area (Å²) in [5, 5.41) is 0. The predicted octanol–water partition coefficient (Wildman–Crippen LogP) is 3.01. The largest absolute Gasteiger partial charge is 0.336 e. The summed E-state index contributed by atoms with van der Waals surface area (Å²) in [5.74, 6) is 0.126. The van der Waals surface area contributed by atoms with E-state index in [1.165, 1.54) is 0 Å². The maximum atomic E-state index is 12.5. The van der Waals surface area contributed by atoms with Gasteiger partial charge in [0.15, 0.2) is 0 Å². The standard InChI is InChI=1S/C15H21BrN2O/c1-15(2,3)18-10-8-17(9-11-18)14(19)12-6-4-5-7-13(12)16/h4-7H,8-11H2,1-3H3. The molecule has 0 N–H and O–H groups in total. The Morgan fingerprint density at radius 2 is 1.68 bits per heavy atom. The van der Waals surface area contributed by atoms with E-state index in [-0.39, 0.29) is 11.4 Å². The minimum Gasteiger partial charge on any atom is -0.336 e. The third-order valence-electron chi connectivity index (χ3n) is 3.62. The molecule has 0 atom stereocenters. The summed E-state index contributed by atoms with van der Waals surface area (Å²) < 4.78 is 0.873. The third kappa shape index (κ3) is 3.37. The summed E-state index contributed by atoms with van der Waals surface area (Å²) >= 11 is 3.45. The number of hydrogen-bond donors (Lipinski definition) is 0. The summed E-state index contributed by atoms with van der Waals surface area (Å²) in [5.41, 5.74) is 0.939. The lowest BCUT2D eigenvalue weighted by atomic mass is 10.0. The zero-order valence-corrected chi connectivity index (χ0v) is 13.4. The molecule has 104 valence electrons. The van der Waals surface area contributed by atoms with E-state index in [0.29, 0.717) is 0 Å². The van der Waals surface area contributed by atoms with E-state index in [4.69, 9.17) is 0 Å². The van der Waals surface area contributed by atoms with Crippen molar-refractivity contribution in [3.8, 4) is 0 Å². The van der Waals surface area contributed by atoms with Crippen LogP contribution in [0.5, 0.6) is 0 Å². The summed E-state index contributed by atoms with van der Waals surface area (Å²) in [6.07, 6.45) is 0. The molecule has 0 unspecified atom stereocenters. The van der Waals surface area contributed by atoms with Gasteiger partial charge in [-0.15, -0.1) is 0 Å². The molecule has 1 aromatic rings. The molecular formula is C15H21BrN2O. The van der Waals surface area contributed by atoms with Crippen LogP contribution in [-0.2, 0) is 0 Å². The van der Waals surface area contributed by atoms with Crippen LogP contribution in [0.4, 0.5) is 0 Å². The van der Waals surface area contributed by atoms with Crippen molar-refractivity contribution in [3.63, 3.8) is 0 Å². The molecule has 1 aromatic carbocycles. The summed E-state index contributed by atoms with van der Waals surface area (Å²) in [6, 6.07) is 7.63. The second-order valence-corrected chi connectivity index (χ2v) is 6.78. The molecule has 0 radical (unpaired) electrons. The maximum absolute atomic E-state index is 12.5. The smallest absolute Gasteiger partial charge is 0.255 e. The molecule has 1 heterocycles. The molecule has 4 heteroatoms. The van der Waals surface area contributed by atoms with Gasteiger partial charge < -0.3 is 4.90 Å². The lowest BCUT2D eigenvalue weighted by Gasteiger charge is -2.42. The maximum Gasteiger partial charge on any atom is 0.255 e. The van der Waals surface area contributed by atoms with Gasteiger partial charge >= 0.3 is 0 Å². The Morgan fingerprint density at radius 3 is 2.21 bits per heavy atom. The molecule has 19 heavy (non-hydrogen) atoms. The van der Waals surface area contributed by atoms with Gasteiger partial charge in [0.05, 0.1) is 5.56 Å². The zero-order chi connectivity index (χ0) is 14.0. The number of hydrogen-bond acceptors (Lipinski definition) is 2. The van der Waals surface area contributed by atoms with Crippen molar-refractivity contribution >= 4 is 21.8 Å². The van der Waals surface area contributed by atoms with Crippen LogP contribution in [0.1, 0.15) is 31.1 Å². The van der Waals surface area contributed by atoms with Crippen molar-refractivity contribution in [2.75, 3.05) is 26.2 Å².